The van der Waals surface area contributed by atoms with Crippen molar-refractivity contribution >= 4 is 29.8 Å². The second kappa shape index (κ2) is 15.7. The SMILES string of the molecule is CC(C)CCCCC(=O)N[C@H](C(=O)N[C@@H](Cc1ccccc1)C(N)=O)[C@H](O)[C@H](NC(=O)OC(C)(C)C)C(=O)O. The molecule has 0 aliphatic rings. The largest absolute Gasteiger partial charge is 0.480 e. The molecule has 7 N–H and O–H groups in total. The monoisotopic (exact) mass is 550 g/mol. The Balaban J connectivity index is 3.16. The molecule has 0 bridgehead atoms. The second-order valence-corrected chi connectivity index (χ2v) is 10.8. The lowest BCUT2D eigenvalue weighted by atomic mass is 9.99. The van der Waals surface area contributed by atoms with Crippen LogP contribution in [-0.2, 0) is 30.3 Å². The van der Waals surface area contributed by atoms with Gasteiger partial charge in [-0.1, -0.05) is 57.0 Å². The Bertz CT molecular complexity index is 978. The predicted molar refractivity (Wildman–Crippen MR) is 143 cm³/mol. The van der Waals surface area contributed by atoms with Gasteiger partial charge in [0, 0.05) is 12.8 Å². The third-order valence-corrected chi connectivity index (χ3v) is 5.60. The molecule has 4 atom stereocenters. The maximum absolute atomic E-state index is 13.3. The second-order valence-electron chi connectivity index (χ2n) is 10.8. The molecule has 12 nitrogen and oxygen atoms in total. The molecule has 4 amide bonds. The molecule has 0 radical (unpaired) electrons. The van der Waals surface area contributed by atoms with Gasteiger partial charge in [-0.15, -0.1) is 0 Å². The van der Waals surface area contributed by atoms with Crippen LogP contribution >= 0.6 is 0 Å². The Labute approximate surface area is 229 Å². The number of carbonyl (C=O) groups is 5. The minimum Gasteiger partial charge on any atom is -0.480 e. The molecule has 0 saturated heterocycles. The van der Waals surface area contributed by atoms with Gasteiger partial charge in [-0.2, -0.15) is 0 Å². The van der Waals surface area contributed by atoms with Crippen LogP contribution in [0.3, 0.4) is 0 Å². The van der Waals surface area contributed by atoms with Crippen LogP contribution < -0.4 is 21.7 Å². The number of nitrogens with one attached hydrogen (secondary N) is 3. The van der Waals surface area contributed by atoms with Crippen molar-refractivity contribution in [2.24, 2.45) is 11.7 Å². The Morgan fingerprint density at radius 3 is 2.08 bits per heavy atom. The highest BCUT2D eigenvalue weighted by atomic mass is 16.6. The maximum atomic E-state index is 13.3. The molecule has 0 spiro atoms. The van der Waals surface area contributed by atoms with E-state index in [1.807, 2.05) is 19.2 Å². The van der Waals surface area contributed by atoms with Gasteiger partial charge < -0.3 is 36.6 Å². The smallest absolute Gasteiger partial charge is 0.408 e. The van der Waals surface area contributed by atoms with E-state index in [4.69, 9.17) is 10.5 Å². The third-order valence-electron chi connectivity index (χ3n) is 5.60. The van der Waals surface area contributed by atoms with E-state index >= 15 is 0 Å². The zero-order valence-electron chi connectivity index (χ0n) is 23.2. The number of hydrogen-bond donors (Lipinski definition) is 6. The van der Waals surface area contributed by atoms with E-state index in [1.165, 1.54) is 0 Å². The molecule has 1 aromatic carbocycles. The Hall–Kier alpha value is -3.67. The number of alkyl carbamates (subject to hydrolysis) is 1. The number of aliphatic carboxylic acids is 1. The fraction of sp³-hybridized carbons (Fsp3) is 0.593. The van der Waals surface area contributed by atoms with Gasteiger partial charge in [0.05, 0.1) is 0 Å². The summed E-state index contributed by atoms with van der Waals surface area (Å²) in [6.07, 6.45) is -1.09. The van der Waals surface area contributed by atoms with E-state index in [-0.39, 0.29) is 12.8 Å². The summed E-state index contributed by atoms with van der Waals surface area (Å²) in [6, 6.07) is 3.60. The number of primary amides is 1. The quantitative estimate of drug-likeness (QED) is 0.175. The highest BCUT2D eigenvalue weighted by molar-refractivity contribution is 5.93. The molecule has 39 heavy (non-hydrogen) atoms. The zero-order valence-corrected chi connectivity index (χ0v) is 23.2. The van der Waals surface area contributed by atoms with E-state index in [0.29, 0.717) is 17.9 Å². The van der Waals surface area contributed by atoms with Crippen LogP contribution in [0.25, 0.3) is 0 Å². The molecule has 0 aliphatic carbocycles. The fourth-order valence-electron chi connectivity index (χ4n) is 3.64. The minimum absolute atomic E-state index is 0.0176. The van der Waals surface area contributed by atoms with Gasteiger partial charge in [0.2, 0.25) is 17.7 Å². The topological polar surface area (TPSA) is 197 Å². The summed E-state index contributed by atoms with van der Waals surface area (Å²) in [5, 5.41) is 27.4. The summed E-state index contributed by atoms with van der Waals surface area (Å²) in [5.41, 5.74) is 5.19. The van der Waals surface area contributed by atoms with Crippen LogP contribution in [0, 0.1) is 5.92 Å². The van der Waals surface area contributed by atoms with Crippen molar-refractivity contribution in [1.82, 2.24) is 16.0 Å². The molecule has 0 saturated carbocycles. The Morgan fingerprint density at radius 1 is 0.949 bits per heavy atom. The summed E-state index contributed by atoms with van der Waals surface area (Å²) in [7, 11) is 0. The average Bonchev–Trinajstić information content (AvgIpc) is 2.82. The summed E-state index contributed by atoms with van der Waals surface area (Å²) in [6.45, 7) is 8.78. The van der Waals surface area contributed by atoms with Crippen molar-refractivity contribution in [1.29, 1.82) is 0 Å². The number of carbonyl (C=O) groups excluding carboxylic acids is 4. The van der Waals surface area contributed by atoms with Crippen LogP contribution in [0.1, 0.15) is 65.9 Å². The molecule has 0 aliphatic heterocycles. The molecule has 12 heteroatoms. The number of rotatable bonds is 15. The van der Waals surface area contributed by atoms with Crippen LogP contribution in [0.15, 0.2) is 30.3 Å². The van der Waals surface area contributed by atoms with Crippen molar-refractivity contribution in [2.75, 3.05) is 0 Å². The Kier molecular flexibility index (Phi) is 13.4. The van der Waals surface area contributed by atoms with Crippen molar-refractivity contribution in [3.8, 4) is 0 Å². The van der Waals surface area contributed by atoms with Crippen LogP contribution in [0.5, 0.6) is 0 Å². The zero-order chi connectivity index (χ0) is 29.8. The van der Waals surface area contributed by atoms with Crippen LogP contribution in [0.4, 0.5) is 4.79 Å². The number of hydrogen-bond acceptors (Lipinski definition) is 7. The van der Waals surface area contributed by atoms with Crippen molar-refractivity contribution in [3.63, 3.8) is 0 Å². The van der Waals surface area contributed by atoms with E-state index in [9.17, 15) is 34.2 Å². The molecule has 0 heterocycles. The highest BCUT2D eigenvalue weighted by Gasteiger charge is 2.40. The standard InChI is InChI=1S/C27H42N4O8/c1-16(2)11-9-10-14-19(32)30-20(22(33)21(25(36)37)31-26(38)39-27(3,4)5)24(35)29-18(23(28)34)15-17-12-7-6-8-13-17/h6-8,12-13,16,18,20-22,33H,9-11,14-15H2,1-5H3,(H2,28,34)(H,29,35)(H,30,32)(H,31,38)(H,36,37)/t18-,20-,21-,22-/m0/s1. The summed E-state index contributed by atoms with van der Waals surface area (Å²) in [5.74, 6) is -3.76. The first-order valence-electron chi connectivity index (χ1n) is 12.9. The summed E-state index contributed by atoms with van der Waals surface area (Å²) < 4.78 is 5.06. The van der Waals surface area contributed by atoms with Crippen molar-refractivity contribution < 1.29 is 38.9 Å². The summed E-state index contributed by atoms with van der Waals surface area (Å²) >= 11 is 0. The Morgan fingerprint density at radius 2 is 1.56 bits per heavy atom. The number of aliphatic hydroxyl groups is 1. The number of nitrogens with two attached hydrogens (primary N) is 1. The summed E-state index contributed by atoms with van der Waals surface area (Å²) in [4.78, 5) is 62.2. The minimum atomic E-state index is -2.13. The van der Waals surface area contributed by atoms with E-state index in [1.54, 1.807) is 51.1 Å². The van der Waals surface area contributed by atoms with Gasteiger partial charge in [0.1, 0.15) is 23.8 Å². The molecule has 0 fully saturated rings. The van der Waals surface area contributed by atoms with E-state index < -0.39 is 59.6 Å². The van der Waals surface area contributed by atoms with Crippen molar-refractivity contribution in [3.05, 3.63) is 35.9 Å². The van der Waals surface area contributed by atoms with E-state index in [0.717, 1.165) is 12.8 Å². The normalized spacial score (nSPS) is 14.4. The van der Waals surface area contributed by atoms with Gasteiger partial charge in [-0.3, -0.25) is 14.4 Å². The lowest BCUT2D eigenvalue weighted by Gasteiger charge is -2.30. The lowest BCUT2D eigenvalue weighted by Crippen LogP contribution is -2.63. The number of aliphatic hydroxyl groups excluding tert-OH is 1. The molecule has 0 unspecified atom stereocenters. The predicted octanol–water partition coefficient (Wildman–Crippen LogP) is 1.24. The van der Waals surface area contributed by atoms with Gasteiger partial charge in [0.15, 0.2) is 6.04 Å². The van der Waals surface area contributed by atoms with Gasteiger partial charge in [-0.25, -0.2) is 9.59 Å². The molecule has 0 aromatic heterocycles. The first kappa shape index (κ1) is 33.4. The molecule has 1 rings (SSSR count). The first-order chi connectivity index (χ1) is 18.1. The molecular formula is C27H42N4O8. The van der Waals surface area contributed by atoms with Crippen molar-refractivity contribution in [2.45, 2.75) is 96.6 Å². The maximum Gasteiger partial charge on any atom is 0.408 e. The first-order valence-corrected chi connectivity index (χ1v) is 12.9. The van der Waals surface area contributed by atoms with Gasteiger partial charge in [-0.05, 0) is 38.7 Å². The van der Waals surface area contributed by atoms with Gasteiger partial charge >= 0.3 is 12.1 Å². The van der Waals surface area contributed by atoms with E-state index in [2.05, 4.69) is 10.6 Å². The third kappa shape index (κ3) is 13.1. The van der Waals surface area contributed by atoms with Crippen LogP contribution in [-0.4, -0.2) is 69.8 Å². The van der Waals surface area contributed by atoms with Gasteiger partial charge in [0.25, 0.3) is 0 Å². The molecule has 1 aromatic rings. The number of carboxylic acids is 1. The lowest BCUT2D eigenvalue weighted by molar-refractivity contribution is -0.145. The molecular weight excluding hydrogens is 508 g/mol. The number of benzene rings is 1. The van der Waals surface area contributed by atoms with Crippen LogP contribution in [0.2, 0.25) is 0 Å². The molecule has 218 valence electrons. The number of unbranched alkanes of at least 4 members (excludes halogenated alkanes) is 1. The fourth-order valence-corrected chi connectivity index (χ4v) is 3.64. The average molecular weight is 551 g/mol. The number of amides is 4. The number of carboxylic acid groups (broad SMARTS) is 1. The highest BCUT2D eigenvalue weighted by Crippen LogP contribution is 2.11. The number of ether oxygens (including phenoxy) is 1.